The zero-order chi connectivity index (χ0) is 12.0. The van der Waals surface area contributed by atoms with E-state index >= 15 is 0 Å². The predicted molar refractivity (Wildman–Crippen MR) is 64.8 cm³/mol. The number of rotatable bonds is 5. The Balaban J connectivity index is 2.77. The predicted octanol–water partition coefficient (Wildman–Crippen LogP) is 0.0968. The van der Waals surface area contributed by atoms with Crippen LogP contribution in [-0.4, -0.2) is 45.1 Å². The summed E-state index contributed by atoms with van der Waals surface area (Å²) in [5, 5.41) is 5.64. The lowest BCUT2D eigenvalue weighted by Crippen LogP contribution is -2.27. The first kappa shape index (κ1) is 12.4. The number of likely N-dealkylation sites (N-methyl/N-ethyl adjacent to an activating group) is 2. The molecule has 0 radical (unpaired) electrons. The number of anilines is 1. The Morgan fingerprint density at radius 3 is 2.88 bits per heavy atom. The van der Waals surface area contributed by atoms with Crippen LogP contribution in [0.3, 0.4) is 0 Å². The molecule has 0 spiro atoms. The van der Waals surface area contributed by atoms with Gasteiger partial charge in [0.2, 0.25) is 0 Å². The quantitative estimate of drug-likeness (QED) is 0.741. The minimum atomic E-state index is -0.163. The minimum Gasteiger partial charge on any atom is -0.373 e. The molecule has 0 aromatic carbocycles. The first-order valence-electron chi connectivity index (χ1n) is 5.23. The Kier molecular flexibility index (Phi) is 4.72. The summed E-state index contributed by atoms with van der Waals surface area (Å²) in [7, 11) is 5.50. The molecule has 1 heterocycles. The summed E-state index contributed by atoms with van der Waals surface area (Å²) in [6, 6.07) is 3.68. The van der Waals surface area contributed by atoms with Crippen LogP contribution in [0, 0.1) is 0 Å². The Bertz CT molecular complexity index is 354. The number of pyridine rings is 1. The van der Waals surface area contributed by atoms with Crippen LogP contribution in [0.1, 0.15) is 10.5 Å². The summed E-state index contributed by atoms with van der Waals surface area (Å²) >= 11 is 0. The van der Waals surface area contributed by atoms with Gasteiger partial charge in [-0.3, -0.25) is 9.78 Å². The fourth-order valence-electron chi connectivity index (χ4n) is 1.32. The zero-order valence-corrected chi connectivity index (χ0v) is 9.95. The molecule has 0 saturated carbocycles. The van der Waals surface area contributed by atoms with Gasteiger partial charge in [0.15, 0.2) is 0 Å². The van der Waals surface area contributed by atoms with Gasteiger partial charge < -0.3 is 15.5 Å². The third-order valence-electron chi connectivity index (χ3n) is 2.34. The first-order valence-corrected chi connectivity index (χ1v) is 5.23. The maximum atomic E-state index is 11.4. The average molecular weight is 222 g/mol. The molecule has 1 amide bonds. The van der Waals surface area contributed by atoms with Gasteiger partial charge in [0.05, 0.1) is 0 Å². The molecule has 0 aliphatic heterocycles. The molecule has 16 heavy (non-hydrogen) atoms. The number of nitrogens with zero attached hydrogens (tertiary/aromatic N) is 2. The van der Waals surface area contributed by atoms with E-state index in [1.165, 1.54) is 0 Å². The van der Waals surface area contributed by atoms with Crippen LogP contribution in [0.2, 0.25) is 0 Å². The summed E-state index contributed by atoms with van der Waals surface area (Å²) in [6.07, 6.45) is 1.65. The second-order valence-electron chi connectivity index (χ2n) is 3.50. The molecule has 0 saturated heterocycles. The van der Waals surface area contributed by atoms with Crippen LogP contribution >= 0.6 is 0 Å². The van der Waals surface area contributed by atoms with Gasteiger partial charge in [0.1, 0.15) is 5.69 Å². The Hall–Kier alpha value is -1.62. The van der Waals surface area contributed by atoms with Crippen LogP contribution in [0.4, 0.5) is 5.69 Å². The van der Waals surface area contributed by atoms with E-state index in [1.807, 2.05) is 20.2 Å². The lowest BCUT2D eigenvalue weighted by molar-refractivity contribution is 0.0958. The average Bonchev–Trinajstić information content (AvgIpc) is 2.35. The number of hydrogen-bond donors (Lipinski definition) is 2. The number of carbonyl (C=O) groups is 1. The van der Waals surface area contributed by atoms with Crippen LogP contribution in [0.5, 0.6) is 0 Å². The highest BCUT2D eigenvalue weighted by Gasteiger charge is 2.07. The van der Waals surface area contributed by atoms with Crippen molar-refractivity contribution in [2.45, 2.75) is 0 Å². The molecule has 2 N–H and O–H groups in total. The molecule has 0 bridgehead atoms. The molecule has 0 atom stereocenters. The SMILES string of the molecule is CNCCN(C)c1ccnc(C(=O)NC)c1. The third kappa shape index (κ3) is 3.20. The lowest BCUT2D eigenvalue weighted by Gasteiger charge is -2.19. The topological polar surface area (TPSA) is 57.3 Å². The molecule has 0 aliphatic carbocycles. The summed E-state index contributed by atoms with van der Waals surface area (Å²) < 4.78 is 0. The van der Waals surface area contributed by atoms with Crippen LogP contribution < -0.4 is 15.5 Å². The summed E-state index contributed by atoms with van der Waals surface area (Å²) in [5.41, 5.74) is 1.43. The zero-order valence-electron chi connectivity index (χ0n) is 9.95. The first-order chi connectivity index (χ1) is 7.69. The van der Waals surface area contributed by atoms with E-state index in [1.54, 1.807) is 19.3 Å². The molecule has 0 unspecified atom stereocenters. The minimum absolute atomic E-state index is 0.163. The summed E-state index contributed by atoms with van der Waals surface area (Å²) in [6.45, 7) is 1.78. The molecule has 1 rings (SSSR count). The molecule has 88 valence electrons. The molecule has 1 aromatic heterocycles. The van der Waals surface area contributed by atoms with Crippen molar-refractivity contribution >= 4 is 11.6 Å². The van der Waals surface area contributed by atoms with Crippen LogP contribution in [0.25, 0.3) is 0 Å². The van der Waals surface area contributed by atoms with Gasteiger partial charge in [-0.05, 0) is 19.2 Å². The number of carbonyl (C=O) groups excluding carboxylic acids is 1. The van der Waals surface area contributed by atoms with Crippen molar-refractivity contribution < 1.29 is 4.79 Å². The lowest BCUT2D eigenvalue weighted by atomic mass is 10.3. The van der Waals surface area contributed by atoms with Crippen molar-refractivity contribution in [3.63, 3.8) is 0 Å². The Labute approximate surface area is 95.9 Å². The molecule has 5 nitrogen and oxygen atoms in total. The van der Waals surface area contributed by atoms with Gasteiger partial charge in [0, 0.05) is 39.1 Å². The van der Waals surface area contributed by atoms with E-state index in [0.29, 0.717) is 5.69 Å². The third-order valence-corrected chi connectivity index (χ3v) is 2.34. The van der Waals surface area contributed by atoms with Crippen LogP contribution in [-0.2, 0) is 0 Å². The molecular weight excluding hydrogens is 204 g/mol. The fraction of sp³-hybridized carbons (Fsp3) is 0.455. The number of aromatic nitrogens is 1. The van der Waals surface area contributed by atoms with Gasteiger partial charge in [-0.1, -0.05) is 0 Å². The van der Waals surface area contributed by atoms with Crippen molar-refractivity contribution in [1.29, 1.82) is 0 Å². The van der Waals surface area contributed by atoms with Gasteiger partial charge in [0.25, 0.3) is 5.91 Å². The van der Waals surface area contributed by atoms with Crippen molar-refractivity contribution in [1.82, 2.24) is 15.6 Å². The van der Waals surface area contributed by atoms with Gasteiger partial charge in [-0.15, -0.1) is 0 Å². The van der Waals surface area contributed by atoms with Crippen LogP contribution in [0.15, 0.2) is 18.3 Å². The van der Waals surface area contributed by atoms with Crippen molar-refractivity contribution in [2.24, 2.45) is 0 Å². The number of hydrogen-bond acceptors (Lipinski definition) is 4. The second-order valence-corrected chi connectivity index (χ2v) is 3.50. The highest BCUT2D eigenvalue weighted by atomic mass is 16.1. The second kappa shape index (κ2) is 6.07. The van der Waals surface area contributed by atoms with E-state index in [0.717, 1.165) is 18.8 Å². The smallest absolute Gasteiger partial charge is 0.269 e. The fourth-order valence-corrected chi connectivity index (χ4v) is 1.32. The monoisotopic (exact) mass is 222 g/mol. The maximum absolute atomic E-state index is 11.4. The van der Waals surface area contributed by atoms with Crippen molar-refractivity contribution in [3.8, 4) is 0 Å². The highest BCUT2D eigenvalue weighted by Crippen LogP contribution is 2.12. The van der Waals surface area contributed by atoms with E-state index < -0.39 is 0 Å². The van der Waals surface area contributed by atoms with E-state index in [2.05, 4.69) is 20.5 Å². The Morgan fingerprint density at radius 2 is 2.25 bits per heavy atom. The van der Waals surface area contributed by atoms with E-state index in [9.17, 15) is 4.79 Å². The molecule has 0 aliphatic rings. The van der Waals surface area contributed by atoms with E-state index in [4.69, 9.17) is 0 Å². The van der Waals surface area contributed by atoms with Gasteiger partial charge >= 0.3 is 0 Å². The summed E-state index contributed by atoms with van der Waals surface area (Å²) in [5.74, 6) is -0.163. The molecular formula is C11H18N4O. The number of nitrogens with one attached hydrogen (secondary N) is 2. The van der Waals surface area contributed by atoms with Crippen molar-refractivity contribution in [2.75, 3.05) is 39.1 Å². The summed E-state index contributed by atoms with van der Waals surface area (Å²) in [4.78, 5) is 17.5. The molecule has 1 aromatic rings. The van der Waals surface area contributed by atoms with Gasteiger partial charge in [-0.2, -0.15) is 0 Å². The molecule has 5 heteroatoms. The van der Waals surface area contributed by atoms with Gasteiger partial charge in [-0.25, -0.2) is 0 Å². The van der Waals surface area contributed by atoms with Crippen molar-refractivity contribution in [3.05, 3.63) is 24.0 Å². The number of amides is 1. The Morgan fingerprint density at radius 1 is 1.50 bits per heavy atom. The largest absolute Gasteiger partial charge is 0.373 e. The normalized spacial score (nSPS) is 9.94. The maximum Gasteiger partial charge on any atom is 0.269 e. The highest BCUT2D eigenvalue weighted by molar-refractivity contribution is 5.92. The molecule has 0 fully saturated rings. The van der Waals surface area contributed by atoms with E-state index in [-0.39, 0.29) is 5.91 Å². The standard InChI is InChI=1S/C11H18N4O/c1-12-6-7-15(3)9-4-5-14-10(8-9)11(16)13-2/h4-5,8,12H,6-7H2,1-3H3,(H,13,16).